The van der Waals surface area contributed by atoms with Crippen molar-refractivity contribution in [1.82, 2.24) is 4.98 Å². The molecule has 0 atom stereocenters. The fourth-order valence-electron chi connectivity index (χ4n) is 3.29. The second kappa shape index (κ2) is 9.69. The van der Waals surface area contributed by atoms with Gasteiger partial charge in [0.1, 0.15) is 11.6 Å². The Morgan fingerprint density at radius 2 is 1.97 bits per heavy atom. The van der Waals surface area contributed by atoms with E-state index in [1.54, 1.807) is 24.4 Å². The van der Waals surface area contributed by atoms with Crippen molar-refractivity contribution in [3.8, 4) is 11.6 Å². The third-order valence-electron chi connectivity index (χ3n) is 4.65. The van der Waals surface area contributed by atoms with E-state index in [2.05, 4.69) is 27.4 Å². The van der Waals surface area contributed by atoms with Gasteiger partial charge in [-0.05, 0) is 60.7 Å². The fourth-order valence-corrected chi connectivity index (χ4v) is 3.29. The van der Waals surface area contributed by atoms with Gasteiger partial charge in [0, 0.05) is 23.5 Å². The van der Waals surface area contributed by atoms with Crippen molar-refractivity contribution < 1.29 is 9.13 Å². The number of rotatable bonds is 5. The van der Waals surface area contributed by atoms with Gasteiger partial charge in [0.05, 0.1) is 6.54 Å². The number of nitrogens with one attached hydrogen (secondary N) is 1. The number of fused-ring (bicyclic) bond motifs is 1. The maximum atomic E-state index is 13.4. The number of nitrogens with two attached hydrogens (primary N) is 1. The van der Waals surface area contributed by atoms with Crippen LogP contribution in [-0.2, 0) is 19.4 Å². The molecule has 1 aromatic heterocycles. The van der Waals surface area contributed by atoms with Gasteiger partial charge < -0.3 is 15.8 Å². The molecule has 3 aromatic rings. The molecule has 0 saturated carbocycles. The molecule has 0 saturated heterocycles. The van der Waals surface area contributed by atoms with E-state index in [-0.39, 0.29) is 29.8 Å². The number of aromatic nitrogens is 1. The average Bonchev–Trinajstić information content (AvgIpc) is 3.15. The van der Waals surface area contributed by atoms with Gasteiger partial charge in [-0.1, -0.05) is 18.2 Å². The van der Waals surface area contributed by atoms with Gasteiger partial charge in [-0.25, -0.2) is 14.4 Å². The molecular formula is C22H22FIN4O. The first-order valence-electron chi connectivity index (χ1n) is 9.23. The Labute approximate surface area is 186 Å². The van der Waals surface area contributed by atoms with Gasteiger partial charge in [0.2, 0.25) is 5.88 Å². The maximum Gasteiger partial charge on any atom is 0.224 e. The third-order valence-corrected chi connectivity index (χ3v) is 4.65. The van der Waals surface area contributed by atoms with E-state index in [1.807, 2.05) is 12.1 Å². The third kappa shape index (κ3) is 5.44. The minimum Gasteiger partial charge on any atom is -0.439 e. The number of hydrogen-bond acceptors (Lipinski definition) is 3. The zero-order valence-electron chi connectivity index (χ0n) is 15.8. The number of anilines is 1. The maximum absolute atomic E-state index is 13.4. The van der Waals surface area contributed by atoms with Crippen LogP contribution in [0.25, 0.3) is 0 Å². The van der Waals surface area contributed by atoms with E-state index in [4.69, 9.17) is 10.5 Å². The van der Waals surface area contributed by atoms with Crippen LogP contribution >= 0.6 is 24.0 Å². The lowest BCUT2D eigenvalue weighted by atomic mass is 10.1. The first-order valence-corrected chi connectivity index (χ1v) is 9.23. The topological polar surface area (TPSA) is 72.5 Å². The Balaban J connectivity index is 0.00000240. The number of halogens is 2. The summed E-state index contributed by atoms with van der Waals surface area (Å²) in [6, 6.07) is 15.9. The first kappa shape index (κ1) is 21.0. The summed E-state index contributed by atoms with van der Waals surface area (Å²) in [5, 5.41) is 3.14. The number of aliphatic imine (C=N–C) groups is 1. The summed E-state index contributed by atoms with van der Waals surface area (Å²) in [7, 11) is 0. The van der Waals surface area contributed by atoms with Crippen LogP contribution in [0, 0.1) is 5.82 Å². The quantitative estimate of drug-likeness (QED) is 0.290. The second-order valence-electron chi connectivity index (χ2n) is 6.69. The molecule has 1 heterocycles. The molecule has 1 aliphatic rings. The van der Waals surface area contributed by atoms with Crippen LogP contribution in [0.3, 0.4) is 0 Å². The highest BCUT2D eigenvalue weighted by Gasteiger charge is 2.11. The van der Waals surface area contributed by atoms with Crippen LogP contribution < -0.4 is 15.8 Å². The highest BCUT2D eigenvalue weighted by molar-refractivity contribution is 14.0. The number of hydrogen-bond donors (Lipinski definition) is 2. The molecule has 7 heteroatoms. The van der Waals surface area contributed by atoms with Crippen molar-refractivity contribution in [2.45, 2.75) is 25.8 Å². The van der Waals surface area contributed by atoms with Crippen LogP contribution in [0.15, 0.2) is 65.8 Å². The standard InChI is InChI=1S/C22H21FN4O.HI/c23-18-7-2-8-20(13-18)28-21-17(6-3-11-25-21)14-26-22(24)27-19-10-9-15-4-1-5-16(15)12-19;/h2-3,6-13H,1,4-5,14H2,(H3,24,26,27);1H. The largest absolute Gasteiger partial charge is 0.439 e. The SMILES string of the molecule is I.NC(=NCc1cccnc1Oc1cccc(F)c1)Nc1ccc2c(c1)CCC2. The van der Waals surface area contributed by atoms with Crippen LogP contribution in [0.2, 0.25) is 0 Å². The molecule has 0 radical (unpaired) electrons. The van der Waals surface area contributed by atoms with Gasteiger partial charge >= 0.3 is 0 Å². The molecule has 0 bridgehead atoms. The molecule has 0 fully saturated rings. The Kier molecular flexibility index (Phi) is 7.03. The zero-order chi connectivity index (χ0) is 19.3. The zero-order valence-corrected chi connectivity index (χ0v) is 18.1. The molecule has 1 aliphatic carbocycles. The summed E-state index contributed by atoms with van der Waals surface area (Å²) in [5.74, 6) is 0.713. The van der Waals surface area contributed by atoms with E-state index >= 15 is 0 Å². The average molecular weight is 504 g/mol. The summed E-state index contributed by atoms with van der Waals surface area (Å²) >= 11 is 0. The van der Waals surface area contributed by atoms with E-state index < -0.39 is 0 Å². The number of benzene rings is 2. The Hall–Kier alpha value is -2.68. The molecule has 0 unspecified atom stereocenters. The van der Waals surface area contributed by atoms with E-state index in [0.29, 0.717) is 24.1 Å². The summed E-state index contributed by atoms with van der Waals surface area (Å²) < 4.78 is 19.1. The van der Waals surface area contributed by atoms with Crippen molar-refractivity contribution in [2.75, 3.05) is 5.32 Å². The number of ether oxygens (including phenoxy) is 1. The number of guanidine groups is 1. The lowest BCUT2D eigenvalue weighted by molar-refractivity contribution is 0.452. The molecule has 0 aliphatic heterocycles. The summed E-state index contributed by atoms with van der Waals surface area (Å²) in [4.78, 5) is 8.62. The molecule has 0 amide bonds. The molecule has 29 heavy (non-hydrogen) atoms. The summed E-state index contributed by atoms with van der Waals surface area (Å²) in [5.41, 5.74) is 10.5. The molecule has 4 rings (SSSR count). The predicted octanol–water partition coefficient (Wildman–Crippen LogP) is 5.05. The number of nitrogens with zero attached hydrogens (tertiary/aromatic N) is 2. The number of pyridine rings is 1. The van der Waals surface area contributed by atoms with Crippen LogP contribution in [0.5, 0.6) is 11.6 Å². The van der Waals surface area contributed by atoms with Crippen LogP contribution in [0.4, 0.5) is 10.1 Å². The molecule has 5 nitrogen and oxygen atoms in total. The van der Waals surface area contributed by atoms with Gasteiger partial charge in [-0.2, -0.15) is 0 Å². The smallest absolute Gasteiger partial charge is 0.224 e. The molecular weight excluding hydrogens is 482 g/mol. The minimum atomic E-state index is -0.365. The van der Waals surface area contributed by atoms with Gasteiger partial charge in [0.15, 0.2) is 5.96 Å². The van der Waals surface area contributed by atoms with Gasteiger partial charge in [-0.15, -0.1) is 24.0 Å². The summed E-state index contributed by atoms with van der Waals surface area (Å²) in [6.45, 7) is 0.294. The van der Waals surface area contributed by atoms with Crippen molar-refractivity contribution in [3.63, 3.8) is 0 Å². The molecule has 2 aromatic carbocycles. The van der Waals surface area contributed by atoms with Crippen molar-refractivity contribution in [1.29, 1.82) is 0 Å². The van der Waals surface area contributed by atoms with Crippen LogP contribution in [-0.4, -0.2) is 10.9 Å². The summed E-state index contributed by atoms with van der Waals surface area (Å²) in [6.07, 6.45) is 5.08. The highest BCUT2D eigenvalue weighted by Crippen LogP contribution is 2.25. The van der Waals surface area contributed by atoms with Gasteiger partial charge in [-0.3, -0.25) is 0 Å². The Bertz CT molecular complexity index is 1030. The monoisotopic (exact) mass is 504 g/mol. The predicted molar refractivity (Wildman–Crippen MR) is 124 cm³/mol. The number of aryl methyl sites for hydroxylation is 2. The minimum absolute atomic E-state index is 0. The fraction of sp³-hybridized carbons (Fsp3) is 0.182. The first-order chi connectivity index (χ1) is 13.7. The van der Waals surface area contributed by atoms with Crippen molar-refractivity contribution >= 4 is 35.6 Å². The van der Waals surface area contributed by atoms with E-state index in [0.717, 1.165) is 24.1 Å². The molecule has 0 spiro atoms. The molecule has 150 valence electrons. The van der Waals surface area contributed by atoms with E-state index in [9.17, 15) is 4.39 Å². The Morgan fingerprint density at radius 3 is 2.83 bits per heavy atom. The second-order valence-corrected chi connectivity index (χ2v) is 6.69. The lowest BCUT2D eigenvalue weighted by Gasteiger charge is -2.10. The van der Waals surface area contributed by atoms with Gasteiger partial charge in [0.25, 0.3) is 0 Å². The van der Waals surface area contributed by atoms with Crippen LogP contribution in [0.1, 0.15) is 23.1 Å². The Morgan fingerprint density at radius 1 is 1.10 bits per heavy atom. The van der Waals surface area contributed by atoms with Crippen molar-refractivity contribution in [2.24, 2.45) is 10.7 Å². The lowest BCUT2D eigenvalue weighted by Crippen LogP contribution is -2.22. The normalized spacial score (nSPS) is 12.8. The van der Waals surface area contributed by atoms with E-state index in [1.165, 1.54) is 29.7 Å². The van der Waals surface area contributed by atoms with Crippen molar-refractivity contribution in [3.05, 3.63) is 83.3 Å². The highest BCUT2D eigenvalue weighted by atomic mass is 127. The molecule has 3 N–H and O–H groups in total.